The van der Waals surface area contributed by atoms with E-state index in [0.717, 1.165) is 54.2 Å². The summed E-state index contributed by atoms with van der Waals surface area (Å²) in [5, 5.41) is 15.1. The first kappa shape index (κ1) is 16.0. The van der Waals surface area contributed by atoms with Gasteiger partial charge in [0, 0.05) is 32.9 Å². The molecule has 0 spiro atoms. The van der Waals surface area contributed by atoms with Crippen molar-refractivity contribution >= 4 is 16.9 Å². The van der Waals surface area contributed by atoms with Crippen molar-refractivity contribution in [2.45, 2.75) is 19.8 Å². The molecule has 7 nitrogen and oxygen atoms in total. The number of pyridine rings is 1. The predicted molar refractivity (Wildman–Crippen MR) is 96.3 cm³/mol. The molecule has 0 amide bonds. The molecule has 0 bridgehead atoms. The van der Waals surface area contributed by atoms with Crippen molar-refractivity contribution in [3.63, 3.8) is 0 Å². The van der Waals surface area contributed by atoms with Gasteiger partial charge in [0.1, 0.15) is 11.5 Å². The third-order valence-corrected chi connectivity index (χ3v) is 4.81. The van der Waals surface area contributed by atoms with E-state index in [4.69, 9.17) is 9.97 Å². The Morgan fingerprint density at radius 3 is 2.92 bits per heavy atom. The van der Waals surface area contributed by atoms with Gasteiger partial charge in [-0.1, -0.05) is 6.07 Å². The highest BCUT2D eigenvalue weighted by molar-refractivity contribution is 5.91. The Hall–Kier alpha value is -2.54. The molecule has 1 fully saturated rings. The molecule has 0 unspecified atom stereocenters. The molecule has 4 rings (SSSR count). The predicted octanol–water partition coefficient (Wildman–Crippen LogP) is 1.94. The number of piperidine rings is 1. The monoisotopic (exact) mass is 338 g/mol. The van der Waals surface area contributed by atoms with E-state index in [-0.39, 0.29) is 12.5 Å². The van der Waals surface area contributed by atoms with Gasteiger partial charge in [-0.2, -0.15) is 5.10 Å². The molecule has 0 aliphatic carbocycles. The number of anilines is 1. The average molecular weight is 338 g/mol. The fourth-order valence-corrected chi connectivity index (χ4v) is 3.56. The maximum Gasteiger partial charge on any atom is 0.182 e. The van der Waals surface area contributed by atoms with E-state index < -0.39 is 0 Å². The maximum atomic E-state index is 9.57. The lowest BCUT2D eigenvalue weighted by atomic mass is 9.99. The molecule has 0 aromatic carbocycles. The van der Waals surface area contributed by atoms with Gasteiger partial charge in [0.25, 0.3) is 0 Å². The van der Waals surface area contributed by atoms with Crippen molar-refractivity contribution in [1.29, 1.82) is 0 Å². The Bertz CT molecular complexity index is 891. The minimum absolute atomic E-state index is 0.212. The highest BCUT2D eigenvalue weighted by Gasteiger charge is 2.25. The Morgan fingerprint density at radius 1 is 1.28 bits per heavy atom. The quantitative estimate of drug-likeness (QED) is 0.786. The Labute approximate surface area is 146 Å². The first-order valence-electron chi connectivity index (χ1n) is 8.66. The number of aromatic nitrogens is 5. The van der Waals surface area contributed by atoms with Crippen LogP contribution < -0.4 is 4.90 Å². The zero-order chi connectivity index (χ0) is 17.4. The van der Waals surface area contributed by atoms with Gasteiger partial charge in [0.05, 0.1) is 11.1 Å². The number of hydrogen-bond donors (Lipinski definition) is 1. The summed E-state index contributed by atoms with van der Waals surface area (Å²) >= 11 is 0. The van der Waals surface area contributed by atoms with Crippen LogP contribution in [0.4, 0.5) is 5.82 Å². The summed E-state index contributed by atoms with van der Waals surface area (Å²) < 4.78 is 1.80. The minimum Gasteiger partial charge on any atom is -0.396 e. The second kappa shape index (κ2) is 6.40. The SMILES string of the molecule is Cc1nn(C)c2nc(-c3ccccn3)nc(N3CCC[C@@H](CO)C3)c12. The summed E-state index contributed by atoms with van der Waals surface area (Å²) in [5.41, 5.74) is 2.49. The summed E-state index contributed by atoms with van der Waals surface area (Å²) in [7, 11) is 1.90. The number of hydrogen-bond acceptors (Lipinski definition) is 6. The molecule has 4 heterocycles. The molecule has 1 aliphatic heterocycles. The standard InChI is InChI=1S/C18H22N6O/c1-12-15-17(23(2)22-12)20-16(14-7-3-4-8-19-14)21-18(15)24-9-5-6-13(10-24)11-25/h3-4,7-8,13,25H,5-6,9-11H2,1-2H3/t13-/m1/s1. The molecule has 0 radical (unpaired) electrons. The van der Waals surface area contributed by atoms with Crippen molar-refractivity contribution in [1.82, 2.24) is 24.7 Å². The summed E-state index contributed by atoms with van der Waals surface area (Å²) in [6.45, 7) is 3.93. The third-order valence-electron chi connectivity index (χ3n) is 4.81. The van der Waals surface area contributed by atoms with E-state index in [1.165, 1.54) is 0 Å². The van der Waals surface area contributed by atoms with Crippen LogP contribution in [0.3, 0.4) is 0 Å². The second-order valence-electron chi connectivity index (χ2n) is 6.63. The molecular weight excluding hydrogens is 316 g/mol. The third kappa shape index (κ3) is 2.84. The van der Waals surface area contributed by atoms with Crippen LogP contribution in [-0.4, -0.2) is 49.5 Å². The molecule has 130 valence electrons. The molecule has 25 heavy (non-hydrogen) atoms. The molecule has 1 atom stereocenters. The normalized spacial score (nSPS) is 18.0. The van der Waals surface area contributed by atoms with Gasteiger partial charge in [-0.05, 0) is 37.8 Å². The zero-order valence-electron chi connectivity index (χ0n) is 14.6. The van der Waals surface area contributed by atoms with E-state index in [1.807, 2.05) is 32.2 Å². The highest BCUT2D eigenvalue weighted by atomic mass is 16.3. The van der Waals surface area contributed by atoms with Crippen LogP contribution in [0.1, 0.15) is 18.5 Å². The van der Waals surface area contributed by atoms with Crippen molar-refractivity contribution < 1.29 is 5.11 Å². The number of rotatable bonds is 3. The molecule has 1 N–H and O–H groups in total. The molecule has 7 heteroatoms. The Kier molecular flexibility index (Phi) is 4.09. The van der Waals surface area contributed by atoms with Gasteiger partial charge in [0.2, 0.25) is 0 Å². The van der Waals surface area contributed by atoms with Gasteiger partial charge < -0.3 is 10.0 Å². The van der Waals surface area contributed by atoms with Crippen molar-refractivity contribution in [2.75, 3.05) is 24.6 Å². The molecule has 0 saturated carbocycles. The van der Waals surface area contributed by atoms with Crippen LogP contribution in [0.25, 0.3) is 22.6 Å². The van der Waals surface area contributed by atoms with Crippen LogP contribution in [-0.2, 0) is 7.05 Å². The molecule has 1 aliphatic rings. The van der Waals surface area contributed by atoms with E-state index >= 15 is 0 Å². The summed E-state index contributed by atoms with van der Waals surface area (Å²) in [5.74, 6) is 1.79. The van der Waals surface area contributed by atoms with Crippen LogP contribution >= 0.6 is 0 Å². The van der Waals surface area contributed by atoms with Gasteiger partial charge >= 0.3 is 0 Å². The van der Waals surface area contributed by atoms with Crippen LogP contribution in [0, 0.1) is 12.8 Å². The summed E-state index contributed by atoms with van der Waals surface area (Å²) in [6, 6.07) is 5.74. The second-order valence-corrected chi connectivity index (χ2v) is 6.63. The Morgan fingerprint density at radius 2 is 2.16 bits per heavy atom. The average Bonchev–Trinajstić information content (AvgIpc) is 2.96. The minimum atomic E-state index is 0.212. The van der Waals surface area contributed by atoms with Crippen molar-refractivity contribution in [3.8, 4) is 11.5 Å². The lowest BCUT2D eigenvalue weighted by molar-refractivity contribution is 0.208. The van der Waals surface area contributed by atoms with Crippen molar-refractivity contribution in [3.05, 3.63) is 30.1 Å². The topological polar surface area (TPSA) is 80.0 Å². The maximum absolute atomic E-state index is 9.57. The number of aryl methyl sites for hydroxylation is 2. The summed E-state index contributed by atoms with van der Waals surface area (Å²) in [6.07, 6.45) is 3.86. The molecule has 1 saturated heterocycles. The van der Waals surface area contributed by atoms with Crippen molar-refractivity contribution in [2.24, 2.45) is 13.0 Å². The number of nitrogens with zero attached hydrogens (tertiary/aromatic N) is 6. The van der Waals surface area contributed by atoms with Gasteiger partial charge in [-0.15, -0.1) is 0 Å². The number of fused-ring (bicyclic) bond motifs is 1. The lowest BCUT2D eigenvalue weighted by Crippen LogP contribution is -2.37. The Balaban J connectivity index is 1.89. The van der Waals surface area contributed by atoms with Crippen LogP contribution in [0.2, 0.25) is 0 Å². The van der Waals surface area contributed by atoms with Crippen LogP contribution in [0.5, 0.6) is 0 Å². The van der Waals surface area contributed by atoms with Gasteiger partial charge in [-0.25, -0.2) is 9.97 Å². The molecule has 3 aromatic heterocycles. The largest absolute Gasteiger partial charge is 0.396 e. The van der Waals surface area contributed by atoms with Gasteiger partial charge in [-0.3, -0.25) is 9.67 Å². The van der Waals surface area contributed by atoms with Gasteiger partial charge in [0.15, 0.2) is 11.5 Å². The van der Waals surface area contributed by atoms with E-state index in [9.17, 15) is 5.11 Å². The number of aliphatic hydroxyl groups is 1. The smallest absolute Gasteiger partial charge is 0.182 e. The van der Waals surface area contributed by atoms with Crippen LogP contribution in [0.15, 0.2) is 24.4 Å². The highest BCUT2D eigenvalue weighted by Crippen LogP contribution is 2.31. The molecular formula is C18H22N6O. The summed E-state index contributed by atoms with van der Waals surface area (Å²) in [4.78, 5) is 16.2. The van der Waals surface area contributed by atoms with E-state index in [1.54, 1.807) is 10.9 Å². The lowest BCUT2D eigenvalue weighted by Gasteiger charge is -2.33. The first-order chi connectivity index (χ1) is 12.2. The fraction of sp³-hybridized carbons (Fsp3) is 0.444. The zero-order valence-corrected chi connectivity index (χ0v) is 14.6. The molecule has 3 aromatic rings. The van der Waals surface area contributed by atoms with E-state index in [0.29, 0.717) is 5.82 Å². The van der Waals surface area contributed by atoms with E-state index in [2.05, 4.69) is 15.0 Å². The first-order valence-corrected chi connectivity index (χ1v) is 8.66. The number of aliphatic hydroxyl groups excluding tert-OH is 1. The fourth-order valence-electron chi connectivity index (χ4n) is 3.56.